The van der Waals surface area contributed by atoms with Gasteiger partial charge in [0.05, 0.1) is 5.52 Å². The third-order valence-corrected chi connectivity index (χ3v) is 3.04. The van der Waals surface area contributed by atoms with E-state index in [1.54, 1.807) is 12.1 Å². The van der Waals surface area contributed by atoms with Crippen molar-refractivity contribution < 1.29 is 4.42 Å². The lowest BCUT2D eigenvalue weighted by molar-refractivity contribution is 0.561. The first-order valence-corrected chi connectivity index (χ1v) is 6.61. The Morgan fingerprint density at radius 1 is 0.714 bits per heavy atom. The van der Waals surface area contributed by atoms with Crippen molar-refractivity contribution in [3.8, 4) is 0 Å². The molecule has 0 amide bonds. The van der Waals surface area contributed by atoms with Gasteiger partial charge in [-0.25, -0.2) is 4.79 Å². The fraction of sp³-hybridized carbons (Fsp3) is 0. The first-order valence-electron chi connectivity index (χ1n) is 6.61. The van der Waals surface area contributed by atoms with Crippen LogP contribution in [-0.4, -0.2) is 4.98 Å². The minimum Gasteiger partial charge on any atom is -0.423 e. The van der Waals surface area contributed by atoms with Crippen LogP contribution in [0, 0.1) is 0 Å². The van der Waals surface area contributed by atoms with Gasteiger partial charge in [-0.1, -0.05) is 42.5 Å². The number of para-hydroxylation sites is 2. The molecule has 0 radical (unpaired) electrons. The van der Waals surface area contributed by atoms with E-state index in [2.05, 4.69) is 17.1 Å². The Bertz CT molecular complexity index is 863. The largest absolute Gasteiger partial charge is 0.423 e. The van der Waals surface area contributed by atoms with Gasteiger partial charge in [0.15, 0.2) is 0 Å². The summed E-state index contributed by atoms with van der Waals surface area (Å²) in [6.45, 7) is 0. The average Bonchev–Trinajstić information content (AvgIpc) is 2.55. The molecule has 3 nitrogen and oxygen atoms in total. The molecule has 102 valence electrons. The van der Waals surface area contributed by atoms with Crippen LogP contribution in [0.2, 0.25) is 0 Å². The van der Waals surface area contributed by atoms with Crippen LogP contribution in [0.15, 0.2) is 88.2 Å². The monoisotopic (exact) mass is 275 g/mol. The molecule has 2 aromatic heterocycles. The summed E-state index contributed by atoms with van der Waals surface area (Å²) in [4.78, 5) is 14.9. The molecular weight excluding hydrogens is 262 g/mol. The van der Waals surface area contributed by atoms with Crippen molar-refractivity contribution in [1.29, 1.82) is 0 Å². The highest BCUT2D eigenvalue weighted by molar-refractivity contribution is 5.77. The molecule has 3 heteroatoms. The number of rotatable bonds is 0. The number of pyridine rings is 1. The third-order valence-electron chi connectivity index (χ3n) is 3.04. The second-order valence-corrected chi connectivity index (χ2v) is 4.49. The Balaban J connectivity index is 0.000000126. The van der Waals surface area contributed by atoms with Gasteiger partial charge in [-0.15, -0.1) is 0 Å². The summed E-state index contributed by atoms with van der Waals surface area (Å²) < 4.78 is 4.91. The van der Waals surface area contributed by atoms with Crippen molar-refractivity contribution in [3.05, 3.63) is 89.4 Å². The predicted octanol–water partition coefficient (Wildman–Crippen LogP) is 4.03. The highest BCUT2D eigenvalue weighted by Gasteiger charge is 1.92. The second kappa shape index (κ2) is 6.01. The van der Waals surface area contributed by atoms with Gasteiger partial charge in [0.1, 0.15) is 5.58 Å². The fourth-order valence-corrected chi connectivity index (χ4v) is 2.03. The summed E-state index contributed by atoms with van der Waals surface area (Å²) in [5.41, 5.74) is 1.40. The van der Waals surface area contributed by atoms with Gasteiger partial charge in [0, 0.05) is 23.0 Å². The number of fused-ring (bicyclic) bond motifs is 2. The maximum atomic E-state index is 10.7. The Labute approximate surface area is 121 Å². The van der Waals surface area contributed by atoms with Gasteiger partial charge in [-0.3, -0.25) is 4.98 Å². The van der Waals surface area contributed by atoms with Gasteiger partial charge >= 0.3 is 5.63 Å². The molecule has 2 aromatic carbocycles. The quantitative estimate of drug-likeness (QED) is 0.455. The molecule has 21 heavy (non-hydrogen) atoms. The van der Waals surface area contributed by atoms with Crippen LogP contribution in [-0.2, 0) is 0 Å². The fourth-order valence-electron chi connectivity index (χ4n) is 2.03. The van der Waals surface area contributed by atoms with Crippen molar-refractivity contribution in [2.75, 3.05) is 0 Å². The summed E-state index contributed by atoms with van der Waals surface area (Å²) in [6.07, 6.45) is 1.81. The van der Waals surface area contributed by atoms with Gasteiger partial charge < -0.3 is 4.42 Å². The summed E-state index contributed by atoms with van der Waals surface area (Å²) in [7, 11) is 0. The predicted molar refractivity (Wildman–Crippen MR) is 84.2 cm³/mol. The third kappa shape index (κ3) is 3.15. The highest BCUT2D eigenvalue weighted by Crippen LogP contribution is 2.09. The molecule has 0 saturated carbocycles. The summed E-state index contributed by atoms with van der Waals surface area (Å²) in [6, 6.07) is 22.7. The van der Waals surface area contributed by atoms with Crippen molar-refractivity contribution >= 4 is 21.9 Å². The minimum absolute atomic E-state index is 0.302. The molecule has 0 aliphatic carbocycles. The average molecular weight is 275 g/mol. The lowest BCUT2D eigenvalue weighted by Crippen LogP contribution is -1.93. The Morgan fingerprint density at radius 3 is 2.29 bits per heavy atom. The van der Waals surface area contributed by atoms with Gasteiger partial charge in [0.25, 0.3) is 0 Å². The summed E-state index contributed by atoms with van der Waals surface area (Å²) >= 11 is 0. The van der Waals surface area contributed by atoms with Crippen molar-refractivity contribution in [1.82, 2.24) is 4.98 Å². The molecule has 4 aromatic rings. The molecule has 0 spiro atoms. The van der Waals surface area contributed by atoms with Gasteiger partial charge in [-0.2, -0.15) is 0 Å². The second-order valence-electron chi connectivity index (χ2n) is 4.49. The molecule has 0 fully saturated rings. The van der Waals surface area contributed by atoms with Crippen molar-refractivity contribution in [2.45, 2.75) is 0 Å². The van der Waals surface area contributed by atoms with E-state index in [4.69, 9.17) is 4.42 Å². The van der Waals surface area contributed by atoms with E-state index in [0.29, 0.717) is 5.58 Å². The molecule has 0 aliphatic heterocycles. The molecule has 0 saturated heterocycles. The van der Waals surface area contributed by atoms with Crippen LogP contribution < -0.4 is 5.63 Å². The molecule has 0 unspecified atom stereocenters. The molecular formula is C18H13NO2. The Hall–Kier alpha value is -2.94. The van der Waals surface area contributed by atoms with E-state index in [-0.39, 0.29) is 5.63 Å². The van der Waals surface area contributed by atoms with Gasteiger partial charge in [0.2, 0.25) is 0 Å². The van der Waals surface area contributed by atoms with E-state index in [1.807, 2.05) is 48.7 Å². The lowest BCUT2D eigenvalue weighted by Gasteiger charge is -1.91. The van der Waals surface area contributed by atoms with E-state index in [1.165, 1.54) is 11.5 Å². The normalized spacial score (nSPS) is 10.1. The summed E-state index contributed by atoms with van der Waals surface area (Å²) in [5.74, 6) is 0. The SMILES string of the molecule is O=c1ccc2ccccc2o1.c1ccc2ncccc2c1. The first kappa shape index (κ1) is 13.1. The maximum absolute atomic E-state index is 10.7. The van der Waals surface area contributed by atoms with Crippen LogP contribution in [0.4, 0.5) is 0 Å². The van der Waals surface area contributed by atoms with Crippen LogP contribution >= 0.6 is 0 Å². The lowest BCUT2D eigenvalue weighted by atomic mass is 10.2. The molecule has 4 rings (SSSR count). The van der Waals surface area contributed by atoms with E-state index < -0.39 is 0 Å². The van der Waals surface area contributed by atoms with Crippen LogP contribution in [0.5, 0.6) is 0 Å². The summed E-state index contributed by atoms with van der Waals surface area (Å²) in [5, 5.41) is 2.15. The molecule has 0 aliphatic rings. The number of nitrogens with zero attached hydrogens (tertiary/aromatic N) is 1. The topological polar surface area (TPSA) is 43.1 Å². The Kier molecular flexibility index (Phi) is 3.74. The number of aromatic nitrogens is 1. The highest BCUT2D eigenvalue weighted by atomic mass is 16.4. The van der Waals surface area contributed by atoms with E-state index in [9.17, 15) is 4.79 Å². The van der Waals surface area contributed by atoms with Crippen molar-refractivity contribution in [2.24, 2.45) is 0 Å². The van der Waals surface area contributed by atoms with Crippen molar-refractivity contribution in [3.63, 3.8) is 0 Å². The van der Waals surface area contributed by atoms with E-state index in [0.717, 1.165) is 10.9 Å². The van der Waals surface area contributed by atoms with Crippen LogP contribution in [0.1, 0.15) is 0 Å². The zero-order valence-electron chi connectivity index (χ0n) is 11.3. The zero-order chi connectivity index (χ0) is 14.5. The maximum Gasteiger partial charge on any atom is 0.336 e. The number of hydrogen-bond acceptors (Lipinski definition) is 3. The first-order chi connectivity index (χ1) is 10.3. The number of hydrogen-bond donors (Lipinski definition) is 0. The molecule has 0 N–H and O–H groups in total. The van der Waals surface area contributed by atoms with Gasteiger partial charge in [-0.05, 0) is 24.3 Å². The number of benzene rings is 2. The molecule has 0 bridgehead atoms. The van der Waals surface area contributed by atoms with E-state index >= 15 is 0 Å². The molecule has 2 heterocycles. The molecule has 0 atom stereocenters. The Morgan fingerprint density at radius 2 is 1.43 bits per heavy atom. The van der Waals surface area contributed by atoms with Crippen LogP contribution in [0.25, 0.3) is 21.9 Å². The standard InChI is InChI=1S/C9H7N.C9H6O2/c1-2-6-9-8(4-1)5-3-7-10-9;10-9-6-5-7-3-1-2-4-8(7)11-9/h1-7H;1-6H. The van der Waals surface area contributed by atoms with Crippen LogP contribution in [0.3, 0.4) is 0 Å². The zero-order valence-corrected chi connectivity index (χ0v) is 11.3. The smallest absolute Gasteiger partial charge is 0.336 e. The minimum atomic E-state index is -0.302.